The van der Waals surface area contributed by atoms with Gasteiger partial charge in [-0.2, -0.15) is 4.31 Å². The van der Waals surface area contributed by atoms with Crippen LogP contribution in [0.25, 0.3) is 0 Å². The Morgan fingerprint density at radius 1 is 1.26 bits per heavy atom. The van der Waals surface area contributed by atoms with Crippen molar-refractivity contribution in [3.05, 3.63) is 23.8 Å². The summed E-state index contributed by atoms with van der Waals surface area (Å²) in [5.74, 6) is 1.47. The van der Waals surface area contributed by atoms with Gasteiger partial charge in [-0.15, -0.1) is 0 Å². The Balaban J connectivity index is 1.82. The van der Waals surface area contributed by atoms with Gasteiger partial charge in [0.15, 0.2) is 0 Å². The van der Waals surface area contributed by atoms with Gasteiger partial charge in [0, 0.05) is 19.1 Å². The molecule has 2 N–H and O–H groups in total. The molecule has 1 aromatic carbocycles. The van der Waals surface area contributed by atoms with Gasteiger partial charge in [0.1, 0.15) is 5.75 Å². The van der Waals surface area contributed by atoms with Crippen LogP contribution in [0.4, 0.5) is 0 Å². The van der Waals surface area contributed by atoms with Gasteiger partial charge < -0.3 is 10.5 Å². The number of fused-ring (bicyclic) bond motifs is 1. The van der Waals surface area contributed by atoms with E-state index < -0.39 is 10.0 Å². The second-order valence-corrected chi connectivity index (χ2v) is 9.02. The number of nitrogens with two attached hydrogens (primary N) is 1. The summed E-state index contributed by atoms with van der Waals surface area (Å²) in [7, 11) is -3.45. The molecule has 3 rings (SSSR count). The molecule has 1 saturated heterocycles. The van der Waals surface area contributed by atoms with Gasteiger partial charge in [-0.1, -0.05) is 0 Å². The zero-order chi connectivity index (χ0) is 16.8. The molecule has 2 fully saturated rings. The molecule has 1 aromatic rings. The third-order valence-corrected chi connectivity index (χ3v) is 6.85. The maximum absolute atomic E-state index is 12.9. The molecule has 3 atom stereocenters. The normalized spacial score (nSPS) is 28.3. The van der Waals surface area contributed by atoms with Crippen molar-refractivity contribution in [2.24, 2.45) is 17.6 Å². The molecule has 0 spiro atoms. The van der Waals surface area contributed by atoms with E-state index >= 15 is 0 Å². The zero-order valence-electron chi connectivity index (χ0n) is 14.0. The molecule has 3 unspecified atom stereocenters. The van der Waals surface area contributed by atoms with Crippen LogP contribution in [-0.2, 0) is 10.0 Å². The second kappa shape index (κ2) is 6.07. The standard InChI is InChI=1S/C17H26N2O3S/c1-11(2)22-17-7-5-14(8-12(17)3)23(20,21)19-9-13-4-6-16(18)15(13)10-19/h5,7-8,11,13,15-16H,4,6,9-10,18H2,1-3H3. The number of benzene rings is 1. The van der Waals surface area contributed by atoms with Crippen LogP contribution in [0, 0.1) is 18.8 Å². The first-order valence-corrected chi connectivity index (χ1v) is 9.76. The second-order valence-electron chi connectivity index (χ2n) is 7.08. The average Bonchev–Trinajstić information content (AvgIpc) is 3.04. The molecule has 1 aliphatic heterocycles. The van der Waals surface area contributed by atoms with E-state index in [1.807, 2.05) is 20.8 Å². The van der Waals surface area contributed by atoms with Crippen molar-refractivity contribution in [3.8, 4) is 5.75 Å². The highest BCUT2D eigenvalue weighted by Crippen LogP contribution is 2.39. The Labute approximate surface area is 138 Å². The number of nitrogens with zero attached hydrogens (tertiary/aromatic N) is 1. The van der Waals surface area contributed by atoms with Crippen molar-refractivity contribution < 1.29 is 13.2 Å². The lowest BCUT2D eigenvalue weighted by Crippen LogP contribution is -2.33. The third-order valence-electron chi connectivity index (χ3n) is 5.03. The number of rotatable bonds is 4. The summed E-state index contributed by atoms with van der Waals surface area (Å²) in [6.07, 6.45) is 2.12. The molecule has 0 aromatic heterocycles. The predicted molar refractivity (Wildman–Crippen MR) is 89.9 cm³/mol. The van der Waals surface area contributed by atoms with Crippen LogP contribution in [0.1, 0.15) is 32.3 Å². The van der Waals surface area contributed by atoms with Crippen LogP contribution in [0.5, 0.6) is 5.75 Å². The molecule has 1 saturated carbocycles. The highest BCUT2D eigenvalue weighted by Gasteiger charge is 2.45. The van der Waals surface area contributed by atoms with E-state index in [9.17, 15) is 8.42 Å². The van der Waals surface area contributed by atoms with Gasteiger partial charge in [0.25, 0.3) is 0 Å². The summed E-state index contributed by atoms with van der Waals surface area (Å²) in [5, 5.41) is 0. The molecule has 2 aliphatic rings. The van der Waals surface area contributed by atoms with Crippen molar-refractivity contribution in [3.63, 3.8) is 0 Å². The molecule has 1 heterocycles. The molecule has 5 nitrogen and oxygen atoms in total. The van der Waals surface area contributed by atoms with E-state index in [1.165, 1.54) is 0 Å². The molecule has 0 radical (unpaired) electrons. The number of hydrogen-bond acceptors (Lipinski definition) is 4. The summed E-state index contributed by atoms with van der Waals surface area (Å²) in [5.41, 5.74) is 6.96. The van der Waals surface area contributed by atoms with Crippen LogP contribution < -0.4 is 10.5 Å². The van der Waals surface area contributed by atoms with Crippen LogP contribution >= 0.6 is 0 Å². The van der Waals surface area contributed by atoms with E-state index in [-0.39, 0.29) is 12.1 Å². The van der Waals surface area contributed by atoms with Crippen molar-refractivity contribution in [2.45, 2.75) is 50.7 Å². The van der Waals surface area contributed by atoms with Crippen LogP contribution in [0.3, 0.4) is 0 Å². The van der Waals surface area contributed by atoms with Gasteiger partial charge in [-0.3, -0.25) is 0 Å². The summed E-state index contributed by atoms with van der Waals surface area (Å²) >= 11 is 0. The number of ether oxygens (including phenoxy) is 1. The smallest absolute Gasteiger partial charge is 0.243 e. The Morgan fingerprint density at radius 3 is 2.61 bits per heavy atom. The van der Waals surface area contributed by atoms with E-state index in [4.69, 9.17) is 10.5 Å². The molecule has 23 heavy (non-hydrogen) atoms. The van der Waals surface area contributed by atoms with E-state index in [1.54, 1.807) is 22.5 Å². The summed E-state index contributed by atoms with van der Waals surface area (Å²) in [4.78, 5) is 0.347. The Morgan fingerprint density at radius 2 is 2.00 bits per heavy atom. The minimum Gasteiger partial charge on any atom is -0.491 e. The lowest BCUT2D eigenvalue weighted by molar-refractivity contribution is 0.240. The highest BCUT2D eigenvalue weighted by molar-refractivity contribution is 7.89. The SMILES string of the molecule is Cc1cc(S(=O)(=O)N2CC3CCC(N)C3C2)ccc1OC(C)C. The fourth-order valence-corrected chi connectivity index (χ4v) is 5.40. The third kappa shape index (κ3) is 3.12. The maximum Gasteiger partial charge on any atom is 0.243 e. The van der Waals surface area contributed by atoms with Crippen molar-refractivity contribution in [2.75, 3.05) is 13.1 Å². The Bertz CT molecular complexity index is 687. The zero-order valence-corrected chi connectivity index (χ0v) is 14.8. The summed E-state index contributed by atoms with van der Waals surface area (Å²) in [6.45, 7) is 6.94. The summed E-state index contributed by atoms with van der Waals surface area (Å²) in [6, 6.07) is 5.25. The fraction of sp³-hybridized carbons (Fsp3) is 0.647. The number of hydrogen-bond donors (Lipinski definition) is 1. The number of sulfonamides is 1. The van der Waals surface area contributed by atoms with Gasteiger partial charge in [0.05, 0.1) is 11.0 Å². The highest BCUT2D eigenvalue weighted by atomic mass is 32.2. The first kappa shape index (κ1) is 16.7. The topological polar surface area (TPSA) is 72.6 Å². The van der Waals surface area contributed by atoms with Gasteiger partial charge in [-0.25, -0.2) is 8.42 Å². The fourth-order valence-electron chi connectivity index (χ4n) is 3.78. The van der Waals surface area contributed by atoms with Crippen LogP contribution in [0.2, 0.25) is 0 Å². The average molecular weight is 338 g/mol. The van der Waals surface area contributed by atoms with Crippen LogP contribution in [0.15, 0.2) is 23.1 Å². The van der Waals surface area contributed by atoms with Crippen LogP contribution in [-0.4, -0.2) is 38.0 Å². The quantitative estimate of drug-likeness (QED) is 0.913. The van der Waals surface area contributed by atoms with Crippen molar-refractivity contribution in [1.29, 1.82) is 0 Å². The molecule has 0 amide bonds. The summed E-state index contributed by atoms with van der Waals surface area (Å²) < 4.78 is 33.1. The minimum atomic E-state index is -3.45. The first-order valence-electron chi connectivity index (χ1n) is 8.32. The van der Waals surface area contributed by atoms with E-state index in [0.29, 0.717) is 29.8 Å². The minimum absolute atomic E-state index is 0.0654. The number of aryl methyl sites for hydroxylation is 1. The molecule has 0 bridgehead atoms. The monoisotopic (exact) mass is 338 g/mol. The molecular formula is C17H26N2O3S. The predicted octanol–water partition coefficient (Wildman–Crippen LogP) is 2.14. The largest absolute Gasteiger partial charge is 0.491 e. The van der Waals surface area contributed by atoms with Gasteiger partial charge in [-0.05, 0) is 69.2 Å². The molecular weight excluding hydrogens is 312 g/mol. The van der Waals surface area contributed by atoms with Gasteiger partial charge in [0.2, 0.25) is 10.0 Å². The van der Waals surface area contributed by atoms with Gasteiger partial charge >= 0.3 is 0 Å². The molecule has 128 valence electrons. The Kier molecular flexibility index (Phi) is 4.42. The van der Waals surface area contributed by atoms with Crippen molar-refractivity contribution in [1.82, 2.24) is 4.31 Å². The Hall–Kier alpha value is -1.11. The van der Waals surface area contributed by atoms with Crippen molar-refractivity contribution >= 4 is 10.0 Å². The first-order chi connectivity index (χ1) is 10.8. The van der Waals surface area contributed by atoms with E-state index in [2.05, 4.69) is 0 Å². The molecule has 1 aliphatic carbocycles. The lowest BCUT2D eigenvalue weighted by Gasteiger charge is -2.20. The van der Waals surface area contributed by atoms with E-state index in [0.717, 1.165) is 24.2 Å². The maximum atomic E-state index is 12.9. The molecule has 6 heteroatoms. The lowest BCUT2D eigenvalue weighted by atomic mass is 9.98.